The van der Waals surface area contributed by atoms with Crippen LogP contribution in [-0.2, 0) is 20.9 Å². The molecule has 1 amide bonds. The average molecular weight is 419 g/mol. The molecule has 0 unspecified atom stereocenters. The largest absolute Gasteiger partial charge is 0.454 e. The number of halogens is 2. The quantitative estimate of drug-likeness (QED) is 0.560. The lowest BCUT2D eigenvalue weighted by molar-refractivity contribution is -0.148. The van der Waals surface area contributed by atoms with Crippen LogP contribution in [0.4, 0.5) is 14.5 Å². The van der Waals surface area contributed by atoms with Crippen LogP contribution >= 0.6 is 0 Å². The molecule has 1 aromatic heterocycles. The van der Waals surface area contributed by atoms with Gasteiger partial charge in [0, 0.05) is 0 Å². The van der Waals surface area contributed by atoms with Crippen LogP contribution in [0.25, 0.3) is 10.8 Å². The van der Waals surface area contributed by atoms with Gasteiger partial charge in [0.1, 0.15) is 12.3 Å². The summed E-state index contributed by atoms with van der Waals surface area (Å²) >= 11 is 0. The maximum atomic E-state index is 12.4. The van der Waals surface area contributed by atoms with Crippen molar-refractivity contribution in [3.63, 3.8) is 0 Å². The molecule has 0 saturated carbocycles. The molecule has 0 aliphatic heterocycles. The summed E-state index contributed by atoms with van der Waals surface area (Å²) in [7, 11) is 0. The van der Waals surface area contributed by atoms with E-state index in [9.17, 15) is 28.0 Å². The first-order valence-corrected chi connectivity index (χ1v) is 8.56. The van der Waals surface area contributed by atoms with Gasteiger partial charge in [-0.05, 0) is 24.3 Å². The predicted octanol–water partition coefficient (Wildman–Crippen LogP) is 1.47. The number of aromatic nitrogens is 2. The van der Waals surface area contributed by atoms with E-state index in [1.165, 1.54) is 36.4 Å². The van der Waals surface area contributed by atoms with Crippen molar-refractivity contribution < 1.29 is 27.8 Å². The zero-order valence-electron chi connectivity index (χ0n) is 15.3. The van der Waals surface area contributed by atoms with E-state index >= 15 is 0 Å². The number of alkyl halides is 2. The maximum Gasteiger partial charge on any atom is 0.387 e. The van der Waals surface area contributed by atoms with Gasteiger partial charge in [-0.3, -0.25) is 24.3 Å². The van der Waals surface area contributed by atoms with Crippen LogP contribution in [0.5, 0.6) is 5.75 Å². The molecule has 0 bridgehead atoms. The summed E-state index contributed by atoms with van der Waals surface area (Å²) in [5.41, 5.74) is -1.20. The van der Waals surface area contributed by atoms with Crippen LogP contribution < -0.4 is 21.2 Å². The molecule has 0 aliphatic rings. The van der Waals surface area contributed by atoms with Crippen molar-refractivity contribution in [2.45, 2.75) is 13.2 Å². The molecule has 0 aliphatic carbocycles. The normalized spacial score (nSPS) is 10.8. The topological polar surface area (TPSA) is 119 Å². The second-order valence-corrected chi connectivity index (χ2v) is 5.96. The fourth-order valence-electron chi connectivity index (χ4n) is 2.63. The fraction of sp³-hybridized carbons (Fsp3) is 0.158. The highest BCUT2D eigenvalue weighted by atomic mass is 19.3. The van der Waals surface area contributed by atoms with E-state index in [2.05, 4.69) is 15.2 Å². The van der Waals surface area contributed by atoms with Crippen LogP contribution in [0.15, 0.2) is 58.1 Å². The molecule has 156 valence electrons. The van der Waals surface area contributed by atoms with Crippen molar-refractivity contribution in [1.29, 1.82) is 0 Å². The molecule has 0 fully saturated rings. The van der Waals surface area contributed by atoms with Gasteiger partial charge in [0.2, 0.25) is 0 Å². The summed E-state index contributed by atoms with van der Waals surface area (Å²) in [6, 6.07) is 11.6. The van der Waals surface area contributed by atoms with Crippen molar-refractivity contribution in [1.82, 2.24) is 9.78 Å². The first kappa shape index (κ1) is 20.7. The van der Waals surface area contributed by atoms with Crippen LogP contribution in [-0.4, -0.2) is 34.9 Å². The molecule has 0 atom stereocenters. The molecule has 30 heavy (non-hydrogen) atoms. The van der Waals surface area contributed by atoms with Crippen LogP contribution in [0.3, 0.4) is 0 Å². The number of ether oxygens (including phenoxy) is 2. The number of hydrogen-bond acceptors (Lipinski definition) is 6. The summed E-state index contributed by atoms with van der Waals surface area (Å²) in [5, 5.41) is 4.85. The van der Waals surface area contributed by atoms with Gasteiger partial charge in [0.05, 0.1) is 16.5 Å². The van der Waals surface area contributed by atoms with Crippen LogP contribution in [0.1, 0.15) is 0 Å². The predicted molar refractivity (Wildman–Crippen MR) is 101 cm³/mol. The van der Waals surface area contributed by atoms with E-state index in [4.69, 9.17) is 4.74 Å². The molecule has 11 heteroatoms. The summed E-state index contributed by atoms with van der Waals surface area (Å²) in [6.45, 7) is -4.45. The molecule has 9 nitrogen and oxygen atoms in total. The number of rotatable bonds is 7. The number of carbonyl (C=O) groups excluding carboxylic acids is 2. The minimum atomic E-state index is -3.08. The Hall–Kier alpha value is -4.02. The third-order valence-electron chi connectivity index (χ3n) is 3.91. The van der Waals surface area contributed by atoms with Crippen LogP contribution in [0, 0.1) is 0 Å². The lowest BCUT2D eigenvalue weighted by atomic mass is 10.2. The Morgan fingerprint density at radius 1 is 1.03 bits per heavy atom. The van der Waals surface area contributed by atoms with Crippen molar-refractivity contribution >= 4 is 28.3 Å². The molecule has 2 N–H and O–H groups in total. The highest BCUT2D eigenvalue weighted by molar-refractivity contribution is 5.94. The van der Waals surface area contributed by atoms with Crippen molar-refractivity contribution in [3.8, 4) is 5.75 Å². The number of para-hydroxylation sites is 2. The number of benzene rings is 2. The average Bonchev–Trinajstić information content (AvgIpc) is 2.71. The SMILES string of the molecule is O=C(COC(=O)Cn1[nH]c(=O)c2ccccc2c1=O)Nc1ccccc1OC(F)F. The van der Waals surface area contributed by atoms with E-state index in [-0.39, 0.29) is 22.2 Å². The number of H-pyrrole nitrogens is 1. The fourth-order valence-corrected chi connectivity index (χ4v) is 2.63. The van der Waals surface area contributed by atoms with E-state index in [0.29, 0.717) is 0 Å². The number of aromatic amines is 1. The second-order valence-electron chi connectivity index (χ2n) is 5.96. The molecular weight excluding hydrogens is 404 g/mol. The monoisotopic (exact) mass is 419 g/mol. The van der Waals surface area contributed by atoms with Gasteiger partial charge >= 0.3 is 12.6 Å². The van der Waals surface area contributed by atoms with Gasteiger partial charge in [-0.2, -0.15) is 8.78 Å². The minimum absolute atomic E-state index is 0.0334. The molecule has 2 aromatic carbocycles. The molecular formula is C19H15F2N3O6. The van der Waals surface area contributed by atoms with Gasteiger partial charge in [-0.1, -0.05) is 24.3 Å². The number of amides is 1. The lowest BCUT2D eigenvalue weighted by Gasteiger charge is -2.12. The van der Waals surface area contributed by atoms with Gasteiger partial charge in [0.15, 0.2) is 6.61 Å². The Morgan fingerprint density at radius 2 is 1.70 bits per heavy atom. The highest BCUT2D eigenvalue weighted by Crippen LogP contribution is 2.25. The summed E-state index contributed by atoms with van der Waals surface area (Å²) in [4.78, 5) is 48.3. The number of anilines is 1. The third kappa shape index (κ3) is 4.87. The molecule has 3 aromatic rings. The standard InChI is InChI=1S/C19H15F2N3O6/c20-19(21)30-14-8-4-3-7-13(14)22-15(25)10-29-16(26)9-24-18(28)12-6-2-1-5-11(12)17(27)23-24/h1-8,19H,9-10H2,(H,22,25)(H,23,27). The smallest absolute Gasteiger partial charge is 0.387 e. The van der Waals surface area contributed by atoms with E-state index in [0.717, 1.165) is 4.68 Å². The van der Waals surface area contributed by atoms with E-state index < -0.39 is 42.8 Å². The Labute approximate surface area is 166 Å². The first-order valence-electron chi connectivity index (χ1n) is 8.56. The van der Waals surface area contributed by atoms with Gasteiger partial charge < -0.3 is 14.8 Å². The number of esters is 1. The van der Waals surface area contributed by atoms with Gasteiger partial charge in [-0.15, -0.1) is 0 Å². The summed E-state index contributed by atoms with van der Waals surface area (Å²) < 4.78 is 34.6. The number of nitrogens with zero attached hydrogens (tertiary/aromatic N) is 1. The third-order valence-corrected chi connectivity index (χ3v) is 3.91. The van der Waals surface area contributed by atoms with E-state index in [1.807, 2.05) is 0 Å². The summed E-state index contributed by atoms with van der Waals surface area (Å²) in [5.74, 6) is -2.03. The highest BCUT2D eigenvalue weighted by Gasteiger charge is 2.15. The summed E-state index contributed by atoms with van der Waals surface area (Å²) in [6.07, 6.45) is 0. The number of nitrogens with one attached hydrogen (secondary N) is 2. The molecule has 0 radical (unpaired) electrons. The lowest BCUT2D eigenvalue weighted by Crippen LogP contribution is -2.33. The zero-order chi connectivity index (χ0) is 21.7. The Morgan fingerprint density at radius 3 is 2.43 bits per heavy atom. The molecule has 3 rings (SSSR count). The zero-order valence-corrected chi connectivity index (χ0v) is 15.3. The Kier molecular flexibility index (Phi) is 6.20. The van der Waals surface area contributed by atoms with Gasteiger partial charge in [0.25, 0.3) is 17.0 Å². The molecule has 0 saturated heterocycles. The van der Waals surface area contributed by atoms with E-state index in [1.54, 1.807) is 12.1 Å². The number of fused-ring (bicyclic) bond motifs is 1. The Bertz CT molecular complexity index is 1200. The van der Waals surface area contributed by atoms with Crippen molar-refractivity contribution in [2.24, 2.45) is 0 Å². The van der Waals surface area contributed by atoms with Crippen molar-refractivity contribution in [2.75, 3.05) is 11.9 Å². The number of carbonyl (C=O) groups is 2. The molecule has 1 heterocycles. The Balaban J connectivity index is 1.62. The van der Waals surface area contributed by atoms with Crippen molar-refractivity contribution in [3.05, 3.63) is 69.2 Å². The van der Waals surface area contributed by atoms with Crippen LogP contribution in [0.2, 0.25) is 0 Å². The molecule has 0 spiro atoms. The maximum absolute atomic E-state index is 12.4. The second kappa shape index (κ2) is 8.99. The number of hydrogen-bond donors (Lipinski definition) is 2. The first-order chi connectivity index (χ1) is 14.3. The minimum Gasteiger partial charge on any atom is -0.454 e. The van der Waals surface area contributed by atoms with Gasteiger partial charge in [-0.25, -0.2) is 4.68 Å².